The van der Waals surface area contributed by atoms with Gasteiger partial charge < -0.3 is 4.74 Å². The number of hydrogen-bond donors (Lipinski definition) is 0. The Morgan fingerprint density at radius 3 is 2.63 bits per heavy atom. The van der Waals surface area contributed by atoms with E-state index < -0.39 is 0 Å². The lowest BCUT2D eigenvalue weighted by Crippen LogP contribution is -1.97. The molecule has 0 aliphatic carbocycles. The molecule has 0 amide bonds. The van der Waals surface area contributed by atoms with Gasteiger partial charge in [-0.3, -0.25) is 0 Å². The molecule has 0 bridgehead atoms. The van der Waals surface area contributed by atoms with Gasteiger partial charge in [-0.05, 0) is 35.7 Å². The quantitative estimate of drug-likeness (QED) is 0.638. The summed E-state index contributed by atoms with van der Waals surface area (Å²) < 4.78 is 5.22. The molecule has 0 aromatic heterocycles. The summed E-state index contributed by atoms with van der Waals surface area (Å²) in [6.07, 6.45) is 0.817. The molecule has 0 N–H and O–H groups in total. The van der Waals surface area contributed by atoms with Gasteiger partial charge in [0.1, 0.15) is 5.75 Å². The van der Waals surface area contributed by atoms with Crippen LogP contribution in [0.2, 0.25) is 10.0 Å². The average molecular weight is 360 g/mol. The molecule has 0 saturated carbocycles. The molecule has 0 aliphatic heterocycles. The summed E-state index contributed by atoms with van der Waals surface area (Å²) in [5.41, 5.74) is 2.18. The van der Waals surface area contributed by atoms with Crippen molar-refractivity contribution in [1.29, 1.82) is 0 Å². The van der Waals surface area contributed by atoms with Crippen molar-refractivity contribution < 1.29 is 4.74 Å². The Morgan fingerprint density at radius 1 is 1.16 bits per heavy atom. The normalized spacial score (nSPS) is 12.2. The molecule has 0 saturated heterocycles. The first-order valence-electron chi connectivity index (χ1n) is 5.82. The minimum absolute atomic E-state index is 0.116. The number of hydrogen-bond acceptors (Lipinski definition) is 1. The maximum absolute atomic E-state index is 6.23. The van der Waals surface area contributed by atoms with Crippen LogP contribution in [-0.4, -0.2) is 7.11 Å². The van der Waals surface area contributed by atoms with Gasteiger partial charge in [0.2, 0.25) is 0 Å². The monoisotopic (exact) mass is 358 g/mol. The third kappa shape index (κ3) is 3.65. The first-order chi connectivity index (χ1) is 9.11. The van der Waals surface area contributed by atoms with E-state index in [2.05, 4.69) is 22.0 Å². The van der Waals surface area contributed by atoms with Crippen molar-refractivity contribution in [3.8, 4) is 5.75 Å². The Labute approximate surface area is 131 Å². The van der Waals surface area contributed by atoms with Crippen LogP contribution < -0.4 is 4.74 Å². The van der Waals surface area contributed by atoms with Gasteiger partial charge in [-0.2, -0.15) is 0 Å². The van der Waals surface area contributed by atoms with E-state index in [1.807, 2.05) is 30.3 Å². The predicted octanol–water partition coefficient (Wildman–Crippen LogP) is 5.68. The fraction of sp³-hybridized carbons (Fsp3) is 0.200. The zero-order valence-corrected chi connectivity index (χ0v) is 13.5. The third-order valence-electron chi connectivity index (χ3n) is 2.87. The molecule has 0 heterocycles. The molecule has 2 aromatic rings. The number of benzene rings is 2. The molecular weight excluding hydrogens is 347 g/mol. The van der Waals surface area contributed by atoms with Crippen LogP contribution in [0.25, 0.3) is 0 Å². The van der Waals surface area contributed by atoms with E-state index in [1.54, 1.807) is 13.2 Å². The van der Waals surface area contributed by atoms with Crippen LogP contribution in [0.5, 0.6) is 5.75 Å². The fourth-order valence-corrected chi connectivity index (χ4v) is 3.21. The topological polar surface area (TPSA) is 9.23 Å². The Hall–Kier alpha value is -0.700. The average Bonchev–Trinajstić information content (AvgIpc) is 2.42. The summed E-state index contributed by atoms with van der Waals surface area (Å²) in [5.74, 6) is 0.856. The summed E-state index contributed by atoms with van der Waals surface area (Å²) in [6.45, 7) is 0. The van der Waals surface area contributed by atoms with Gasteiger partial charge in [0.25, 0.3) is 0 Å². The molecule has 4 heteroatoms. The summed E-state index contributed by atoms with van der Waals surface area (Å²) in [7, 11) is 1.67. The maximum atomic E-state index is 6.23. The fourth-order valence-electron chi connectivity index (χ4n) is 1.88. The number of rotatable bonds is 4. The lowest BCUT2D eigenvalue weighted by Gasteiger charge is -2.13. The Balaban J connectivity index is 2.20. The minimum atomic E-state index is 0.116. The second-order valence-corrected chi connectivity index (χ2v) is 6.06. The SMILES string of the molecule is COc1cccc(CC(Br)c2cccc(Cl)c2Cl)c1. The van der Waals surface area contributed by atoms with E-state index in [0.717, 1.165) is 17.7 Å². The number of halogens is 3. The highest BCUT2D eigenvalue weighted by atomic mass is 79.9. The molecule has 100 valence electrons. The van der Waals surface area contributed by atoms with Gasteiger partial charge in [0.15, 0.2) is 0 Å². The zero-order chi connectivity index (χ0) is 13.8. The van der Waals surface area contributed by atoms with Crippen molar-refractivity contribution >= 4 is 39.1 Å². The summed E-state index contributed by atoms with van der Waals surface area (Å²) in [4.78, 5) is 0.116. The maximum Gasteiger partial charge on any atom is 0.119 e. The van der Waals surface area contributed by atoms with Gasteiger partial charge in [0, 0.05) is 4.83 Å². The highest BCUT2D eigenvalue weighted by Gasteiger charge is 2.14. The molecule has 2 aromatic carbocycles. The number of methoxy groups -OCH3 is 1. The smallest absolute Gasteiger partial charge is 0.119 e. The van der Waals surface area contributed by atoms with Crippen molar-refractivity contribution in [1.82, 2.24) is 0 Å². The second kappa shape index (κ2) is 6.65. The first kappa shape index (κ1) is 14.7. The largest absolute Gasteiger partial charge is 0.497 e. The molecule has 2 rings (SSSR count). The molecule has 0 radical (unpaired) electrons. The van der Waals surface area contributed by atoms with Gasteiger partial charge in [-0.25, -0.2) is 0 Å². The minimum Gasteiger partial charge on any atom is -0.497 e. The highest BCUT2D eigenvalue weighted by molar-refractivity contribution is 9.09. The van der Waals surface area contributed by atoms with Crippen molar-refractivity contribution in [2.75, 3.05) is 7.11 Å². The highest BCUT2D eigenvalue weighted by Crippen LogP contribution is 2.36. The van der Waals surface area contributed by atoms with Crippen molar-refractivity contribution in [2.45, 2.75) is 11.2 Å². The summed E-state index contributed by atoms with van der Waals surface area (Å²) in [6, 6.07) is 13.7. The third-order valence-corrected chi connectivity index (χ3v) is 4.52. The first-order valence-corrected chi connectivity index (χ1v) is 7.50. The van der Waals surface area contributed by atoms with Crippen LogP contribution >= 0.6 is 39.1 Å². The van der Waals surface area contributed by atoms with E-state index in [1.165, 1.54) is 5.56 Å². The lowest BCUT2D eigenvalue weighted by atomic mass is 10.0. The van der Waals surface area contributed by atoms with Crippen LogP contribution in [0, 0.1) is 0 Å². The molecular formula is C15H13BrCl2O. The van der Waals surface area contributed by atoms with E-state index in [0.29, 0.717) is 10.0 Å². The Morgan fingerprint density at radius 2 is 1.89 bits per heavy atom. The van der Waals surface area contributed by atoms with Gasteiger partial charge >= 0.3 is 0 Å². The van der Waals surface area contributed by atoms with Crippen molar-refractivity contribution in [3.63, 3.8) is 0 Å². The summed E-state index contributed by atoms with van der Waals surface area (Å²) in [5, 5.41) is 1.18. The molecule has 19 heavy (non-hydrogen) atoms. The van der Waals surface area contributed by atoms with Crippen LogP contribution in [0.15, 0.2) is 42.5 Å². The van der Waals surface area contributed by atoms with Crippen LogP contribution in [0.3, 0.4) is 0 Å². The second-order valence-electron chi connectivity index (χ2n) is 4.17. The summed E-state index contributed by atoms with van der Waals surface area (Å²) >= 11 is 15.9. The van der Waals surface area contributed by atoms with Gasteiger partial charge in [-0.1, -0.05) is 63.4 Å². The van der Waals surface area contributed by atoms with Crippen LogP contribution in [0.1, 0.15) is 16.0 Å². The van der Waals surface area contributed by atoms with E-state index in [-0.39, 0.29) is 4.83 Å². The molecule has 1 atom stereocenters. The molecule has 0 spiro atoms. The van der Waals surface area contributed by atoms with Gasteiger partial charge in [-0.15, -0.1) is 0 Å². The number of ether oxygens (including phenoxy) is 1. The van der Waals surface area contributed by atoms with Crippen LogP contribution in [-0.2, 0) is 6.42 Å². The van der Waals surface area contributed by atoms with E-state index in [9.17, 15) is 0 Å². The Bertz CT molecular complexity index is 572. The molecule has 1 nitrogen and oxygen atoms in total. The number of alkyl halides is 1. The Kier molecular flexibility index (Phi) is 5.14. The van der Waals surface area contributed by atoms with E-state index >= 15 is 0 Å². The van der Waals surface area contributed by atoms with Crippen molar-refractivity contribution in [2.24, 2.45) is 0 Å². The van der Waals surface area contributed by atoms with Crippen molar-refractivity contribution in [3.05, 3.63) is 63.6 Å². The lowest BCUT2D eigenvalue weighted by molar-refractivity contribution is 0.414. The standard InChI is InChI=1S/C15H13BrCl2O/c1-19-11-5-2-4-10(8-11)9-13(16)12-6-3-7-14(17)15(12)18/h2-8,13H,9H2,1H3. The van der Waals surface area contributed by atoms with Gasteiger partial charge in [0.05, 0.1) is 17.2 Å². The molecule has 1 unspecified atom stereocenters. The van der Waals surface area contributed by atoms with E-state index in [4.69, 9.17) is 27.9 Å². The predicted molar refractivity (Wildman–Crippen MR) is 84.8 cm³/mol. The zero-order valence-electron chi connectivity index (χ0n) is 10.4. The molecule has 0 fully saturated rings. The molecule has 0 aliphatic rings. The van der Waals surface area contributed by atoms with Crippen LogP contribution in [0.4, 0.5) is 0 Å².